The van der Waals surface area contributed by atoms with E-state index in [9.17, 15) is 0 Å². The van der Waals surface area contributed by atoms with Gasteiger partial charge in [-0.3, -0.25) is 4.90 Å². The Morgan fingerprint density at radius 3 is 2.12 bits per heavy atom. The highest BCUT2D eigenvalue weighted by molar-refractivity contribution is 5.38. The van der Waals surface area contributed by atoms with Crippen LogP contribution < -0.4 is 4.90 Å². The van der Waals surface area contributed by atoms with Crippen molar-refractivity contribution in [3.63, 3.8) is 0 Å². The molecule has 0 aromatic carbocycles. The minimum Gasteiger partial charge on any atom is -0.332 e. The van der Waals surface area contributed by atoms with E-state index in [1.54, 1.807) is 0 Å². The first-order valence-electron chi connectivity index (χ1n) is 10.7. The van der Waals surface area contributed by atoms with E-state index in [4.69, 9.17) is 9.97 Å². The number of rotatable bonds is 5. The van der Waals surface area contributed by atoms with Gasteiger partial charge >= 0.3 is 0 Å². The summed E-state index contributed by atoms with van der Waals surface area (Å²) in [5.41, 5.74) is 1.34. The molecule has 4 rings (SSSR count). The van der Waals surface area contributed by atoms with Crippen LogP contribution in [0.25, 0.3) is 0 Å². The van der Waals surface area contributed by atoms with Crippen molar-refractivity contribution >= 4 is 5.95 Å². The average Bonchev–Trinajstić information content (AvgIpc) is 2.91. The van der Waals surface area contributed by atoms with Crippen LogP contribution in [0.3, 0.4) is 0 Å². The number of aromatic nitrogens is 2. The van der Waals surface area contributed by atoms with Crippen LogP contribution in [-0.2, 0) is 0 Å². The van der Waals surface area contributed by atoms with Gasteiger partial charge in [0.25, 0.3) is 0 Å². The monoisotopic (exact) mass is 357 g/mol. The fraction of sp³-hybridized carbons (Fsp3) is 0.810. The molecule has 2 bridgehead atoms. The Labute approximate surface area is 158 Å². The van der Waals surface area contributed by atoms with Crippen molar-refractivity contribution in [2.75, 3.05) is 44.2 Å². The van der Waals surface area contributed by atoms with E-state index >= 15 is 0 Å². The number of nitrogens with zero attached hydrogens (tertiary/aromatic N) is 5. The largest absolute Gasteiger partial charge is 0.332 e. The van der Waals surface area contributed by atoms with Gasteiger partial charge in [-0.05, 0) is 62.7 Å². The molecule has 0 N–H and O–H groups in total. The lowest BCUT2D eigenvalue weighted by Crippen LogP contribution is -2.54. The number of anilines is 1. The van der Waals surface area contributed by atoms with E-state index in [1.807, 2.05) is 0 Å². The standard InChI is InChI=1S/C21H35N5/c1-4-24-14-19-5-6-20(15-24)26(19)21-22-11-18(12-23-21)17-7-9-25(10-8-17)13-16(2)3/h11-12,16-17,19-20H,4-10,13-15H2,1-3H3. The van der Waals surface area contributed by atoms with Gasteiger partial charge in [0.15, 0.2) is 0 Å². The number of hydrogen-bond donors (Lipinski definition) is 0. The first-order chi connectivity index (χ1) is 12.6. The highest BCUT2D eigenvalue weighted by Gasteiger charge is 2.40. The number of fused-ring (bicyclic) bond motifs is 2. The minimum atomic E-state index is 0.610. The van der Waals surface area contributed by atoms with Gasteiger partial charge in [-0.15, -0.1) is 0 Å². The lowest BCUT2D eigenvalue weighted by Gasteiger charge is -2.40. The second-order valence-electron chi connectivity index (χ2n) is 8.93. The van der Waals surface area contributed by atoms with Crippen LogP contribution in [0, 0.1) is 5.92 Å². The normalized spacial score (nSPS) is 28.2. The second kappa shape index (κ2) is 7.81. The fourth-order valence-corrected chi connectivity index (χ4v) is 5.22. The maximum Gasteiger partial charge on any atom is 0.225 e. The molecule has 5 heteroatoms. The number of piperazine rings is 1. The van der Waals surface area contributed by atoms with Crippen molar-refractivity contribution in [3.05, 3.63) is 18.0 Å². The quantitative estimate of drug-likeness (QED) is 0.809. The Kier molecular flexibility index (Phi) is 5.46. The van der Waals surface area contributed by atoms with Crippen molar-refractivity contribution in [1.29, 1.82) is 0 Å². The molecular weight excluding hydrogens is 322 g/mol. The molecule has 5 nitrogen and oxygen atoms in total. The highest BCUT2D eigenvalue weighted by Crippen LogP contribution is 2.34. The molecule has 0 aliphatic carbocycles. The second-order valence-corrected chi connectivity index (χ2v) is 8.93. The Hall–Kier alpha value is -1.20. The maximum atomic E-state index is 4.82. The third-order valence-corrected chi connectivity index (χ3v) is 6.58. The molecule has 0 amide bonds. The Morgan fingerprint density at radius 1 is 0.962 bits per heavy atom. The topological polar surface area (TPSA) is 35.5 Å². The molecule has 3 fully saturated rings. The van der Waals surface area contributed by atoms with E-state index in [1.165, 1.54) is 64.0 Å². The van der Waals surface area contributed by atoms with Crippen molar-refractivity contribution in [3.8, 4) is 0 Å². The Morgan fingerprint density at radius 2 is 1.58 bits per heavy atom. The highest BCUT2D eigenvalue weighted by atomic mass is 15.4. The third kappa shape index (κ3) is 3.74. The fourth-order valence-electron chi connectivity index (χ4n) is 5.22. The summed E-state index contributed by atoms with van der Waals surface area (Å²) in [6.07, 6.45) is 9.32. The summed E-state index contributed by atoms with van der Waals surface area (Å²) in [6.45, 7) is 14.1. The van der Waals surface area contributed by atoms with Gasteiger partial charge in [0.2, 0.25) is 5.95 Å². The first kappa shape index (κ1) is 18.2. The van der Waals surface area contributed by atoms with Gasteiger partial charge in [-0.25, -0.2) is 9.97 Å². The van der Waals surface area contributed by atoms with E-state index in [2.05, 4.69) is 47.9 Å². The predicted octanol–water partition coefficient (Wildman–Crippen LogP) is 2.98. The summed E-state index contributed by atoms with van der Waals surface area (Å²) in [4.78, 5) is 17.3. The first-order valence-corrected chi connectivity index (χ1v) is 10.7. The van der Waals surface area contributed by atoms with Crippen LogP contribution >= 0.6 is 0 Å². The number of piperidine rings is 1. The van der Waals surface area contributed by atoms with Gasteiger partial charge in [-0.1, -0.05) is 20.8 Å². The summed E-state index contributed by atoms with van der Waals surface area (Å²) < 4.78 is 0. The molecule has 1 aromatic rings. The molecule has 2 atom stereocenters. The van der Waals surface area contributed by atoms with Crippen LogP contribution in [0.4, 0.5) is 5.95 Å². The maximum absolute atomic E-state index is 4.82. The number of hydrogen-bond acceptors (Lipinski definition) is 5. The molecular formula is C21H35N5. The van der Waals surface area contributed by atoms with Crippen LogP contribution in [0.1, 0.15) is 57.9 Å². The van der Waals surface area contributed by atoms with Gasteiger partial charge in [0.05, 0.1) is 0 Å². The minimum absolute atomic E-state index is 0.610. The molecule has 144 valence electrons. The summed E-state index contributed by atoms with van der Waals surface area (Å²) in [7, 11) is 0. The van der Waals surface area contributed by atoms with Crippen molar-refractivity contribution < 1.29 is 0 Å². The lowest BCUT2D eigenvalue weighted by molar-refractivity contribution is 0.192. The van der Waals surface area contributed by atoms with Crippen molar-refractivity contribution in [2.24, 2.45) is 5.92 Å². The molecule has 2 unspecified atom stereocenters. The Balaban J connectivity index is 1.38. The Bertz CT molecular complexity index is 565. The van der Waals surface area contributed by atoms with Crippen LogP contribution in [0.2, 0.25) is 0 Å². The number of likely N-dealkylation sites (tertiary alicyclic amines) is 2. The van der Waals surface area contributed by atoms with Gasteiger partial charge in [0.1, 0.15) is 0 Å². The van der Waals surface area contributed by atoms with Gasteiger partial charge in [0, 0.05) is 44.1 Å². The zero-order chi connectivity index (χ0) is 18.1. The molecule has 0 spiro atoms. The van der Waals surface area contributed by atoms with Crippen molar-refractivity contribution in [2.45, 2.75) is 64.5 Å². The molecule has 1 aromatic heterocycles. The summed E-state index contributed by atoms with van der Waals surface area (Å²) in [5, 5.41) is 0. The van der Waals surface area contributed by atoms with Gasteiger partial charge < -0.3 is 9.80 Å². The molecule has 0 radical (unpaired) electrons. The van der Waals surface area contributed by atoms with E-state index in [0.29, 0.717) is 18.0 Å². The smallest absolute Gasteiger partial charge is 0.225 e. The van der Waals surface area contributed by atoms with Crippen LogP contribution in [-0.4, -0.2) is 71.1 Å². The summed E-state index contributed by atoms with van der Waals surface area (Å²) in [5.74, 6) is 2.37. The zero-order valence-electron chi connectivity index (χ0n) is 16.8. The zero-order valence-corrected chi connectivity index (χ0v) is 16.8. The lowest BCUT2D eigenvalue weighted by atomic mass is 9.91. The van der Waals surface area contributed by atoms with Gasteiger partial charge in [-0.2, -0.15) is 0 Å². The van der Waals surface area contributed by atoms with Crippen molar-refractivity contribution in [1.82, 2.24) is 19.8 Å². The average molecular weight is 358 g/mol. The van der Waals surface area contributed by atoms with E-state index in [-0.39, 0.29) is 0 Å². The predicted molar refractivity (Wildman–Crippen MR) is 107 cm³/mol. The molecule has 3 aliphatic rings. The molecule has 0 saturated carbocycles. The molecule has 3 aliphatic heterocycles. The third-order valence-electron chi connectivity index (χ3n) is 6.58. The summed E-state index contributed by atoms with van der Waals surface area (Å²) >= 11 is 0. The molecule has 26 heavy (non-hydrogen) atoms. The number of likely N-dealkylation sites (N-methyl/N-ethyl adjacent to an activating group) is 1. The van der Waals surface area contributed by atoms with Crippen LogP contribution in [0.15, 0.2) is 12.4 Å². The van der Waals surface area contributed by atoms with E-state index < -0.39 is 0 Å². The molecule has 4 heterocycles. The summed E-state index contributed by atoms with van der Waals surface area (Å²) in [6, 6.07) is 1.22. The van der Waals surface area contributed by atoms with Crippen LogP contribution in [0.5, 0.6) is 0 Å². The van der Waals surface area contributed by atoms with E-state index in [0.717, 1.165) is 18.4 Å². The SMILES string of the molecule is CCN1CC2CCC(C1)N2c1ncc(C2CCN(CC(C)C)CC2)cn1. The molecule has 3 saturated heterocycles.